The number of hydrogen-bond acceptors (Lipinski definition) is 7. The van der Waals surface area contributed by atoms with Crippen LogP contribution in [0.3, 0.4) is 0 Å². The highest BCUT2D eigenvalue weighted by Crippen LogP contribution is 2.17. The second kappa shape index (κ2) is 7.56. The van der Waals surface area contributed by atoms with Gasteiger partial charge in [-0.1, -0.05) is 10.8 Å². The molecule has 0 aliphatic carbocycles. The maximum atomic E-state index is 11.7. The lowest BCUT2D eigenvalue weighted by molar-refractivity contribution is -0.139. The summed E-state index contributed by atoms with van der Waals surface area (Å²) >= 11 is 0. The SMILES string of the molecule is N=S(=O)(CC[C@H](N)C(=O)O)SCCC(N)C(=O)O. The van der Waals surface area contributed by atoms with Gasteiger partial charge in [-0.25, -0.2) is 8.99 Å². The quantitative estimate of drug-likeness (QED) is 0.348. The van der Waals surface area contributed by atoms with E-state index in [1.807, 2.05) is 0 Å². The fourth-order valence-electron chi connectivity index (χ4n) is 0.898. The van der Waals surface area contributed by atoms with Crippen molar-refractivity contribution in [3.8, 4) is 0 Å². The standard InChI is InChI=1S/C8H17N3O5S2/c9-5(7(12)13)1-3-17-18(11,16)4-2-6(10)8(14)15/h5-6,11H,1-4,9-10H2,(H,12,13)(H,14,15)/t5?,6-,18?/m0/s1. The van der Waals surface area contributed by atoms with Crippen LogP contribution in [0.25, 0.3) is 0 Å². The Morgan fingerprint density at radius 3 is 2.06 bits per heavy atom. The molecule has 0 saturated carbocycles. The summed E-state index contributed by atoms with van der Waals surface area (Å²) in [4.78, 5) is 20.8. The first-order valence-electron chi connectivity index (χ1n) is 5.03. The number of carboxylic acids is 2. The molecule has 0 aromatic rings. The van der Waals surface area contributed by atoms with Crippen LogP contribution in [0.4, 0.5) is 0 Å². The average Bonchev–Trinajstić information content (AvgIpc) is 2.25. The van der Waals surface area contributed by atoms with E-state index in [9.17, 15) is 13.8 Å². The molecule has 0 saturated heterocycles. The molecule has 18 heavy (non-hydrogen) atoms. The van der Waals surface area contributed by atoms with E-state index in [0.717, 1.165) is 10.8 Å². The highest BCUT2D eigenvalue weighted by molar-refractivity contribution is 8.72. The van der Waals surface area contributed by atoms with Crippen molar-refractivity contribution in [2.75, 3.05) is 11.5 Å². The second-order valence-electron chi connectivity index (χ2n) is 3.61. The highest BCUT2D eigenvalue weighted by Gasteiger charge is 2.17. The van der Waals surface area contributed by atoms with Crippen molar-refractivity contribution in [3.05, 3.63) is 0 Å². The van der Waals surface area contributed by atoms with Crippen LogP contribution in [0.15, 0.2) is 0 Å². The number of nitrogens with one attached hydrogen (secondary N) is 1. The zero-order valence-electron chi connectivity index (χ0n) is 9.57. The van der Waals surface area contributed by atoms with Gasteiger partial charge in [0.1, 0.15) is 12.1 Å². The molecule has 3 atom stereocenters. The van der Waals surface area contributed by atoms with Gasteiger partial charge >= 0.3 is 11.9 Å². The molecule has 0 aromatic heterocycles. The largest absolute Gasteiger partial charge is 0.480 e. The molecule has 0 spiro atoms. The fourth-order valence-corrected chi connectivity index (χ4v) is 3.94. The van der Waals surface area contributed by atoms with Crippen molar-refractivity contribution in [1.82, 2.24) is 0 Å². The van der Waals surface area contributed by atoms with E-state index in [1.54, 1.807) is 0 Å². The van der Waals surface area contributed by atoms with Gasteiger partial charge in [0.25, 0.3) is 0 Å². The molecule has 0 aliphatic heterocycles. The van der Waals surface area contributed by atoms with Crippen LogP contribution < -0.4 is 11.5 Å². The van der Waals surface area contributed by atoms with Gasteiger partial charge in [0.15, 0.2) is 0 Å². The smallest absolute Gasteiger partial charge is 0.320 e. The van der Waals surface area contributed by atoms with Crippen molar-refractivity contribution in [3.63, 3.8) is 0 Å². The molecule has 7 N–H and O–H groups in total. The Labute approximate surface area is 108 Å². The number of hydrogen-bond donors (Lipinski definition) is 5. The summed E-state index contributed by atoms with van der Waals surface area (Å²) in [5.74, 6) is -2.34. The van der Waals surface area contributed by atoms with Crippen LogP contribution in [0, 0.1) is 4.78 Å². The molecule has 0 bridgehead atoms. The molecule has 106 valence electrons. The van der Waals surface area contributed by atoms with Crippen molar-refractivity contribution >= 4 is 31.5 Å². The van der Waals surface area contributed by atoms with E-state index < -0.39 is 32.8 Å². The third-order valence-corrected chi connectivity index (χ3v) is 5.73. The molecule has 0 rings (SSSR count). The predicted octanol–water partition coefficient (Wildman–Crippen LogP) is -0.715. The molecule has 10 heteroatoms. The Morgan fingerprint density at radius 1 is 1.17 bits per heavy atom. The Bertz CT molecular complexity index is 398. The van der Waals surface area contributed by atoms with E-state index in [2.05, 4.69) is 0 Å². The fraction of sp³-hybridized carbons (Fsp3) is 0.750. The summed E-state index contributed by atoms with van der Waals surface area (Å²) in [6.45, 7) is 0. The molecular formula is C8H17N3O5S2. The van der Waals surface area contributed by atoms with E-state index in [4.69, 9.17) is 26.5 Å². The van der Waals surface area contributed by atoms with Crippen molar-refractivity contribution < 1.29 is 24.0 Å². The number of rotatable bonds is 9. The first-order valence-corrected chi connectivity index (χ1v) is 8.26. The Balaban J connectivity index is 4.02. The number of carboxylic acid groups (broad SMARTS) is 2. The molecule has 0 aliphatic rings. The van der Waals surface area contributed by atoms with Gasteiger partial charge in [0, 0.05) is 11.5 Å². The summed E-state index contributed by atoms with van der Waals surface area (Å²) in [5, 5.41) is 17.0. The molecule has 0 heterocycles. The first kappa shape index (κ1) is 17.2. The van der Waals surface area contributed by atoms with Gasteiger partial charge in [-0.2, -0.15) is 0 Å². The molecule has 8 nitrogen and oxygen atoms in total. The van der Waals surface area contributed by atoms with E-state index >= 15 is 0 Å². The predicted molar refractivity (Wildman–Crippen MR) is 68.6 cm³/mol. The zero-order chi connectivity index (χ0) is 14.3. The molecule has 0 aromatic carbocycles. The lowest BCUT2D eigenvalue weighted by Crippen LogP contribution is -2.32. The zero-order valence-corrected chi connectivity index (χ0v) is 11.2. The maximum absolute atomic E-state index is 11.7. The minimum absolute atomic E-state index is 0.0599. The minimum Gasteiger partial charge on any atom is -0.480 e. The topological polar surface area (TPSA) is 168 Å². The molecule has 0 amide bonds. The summed E-state index contributed by atoms with van der Waals surface area (Å²) in [6.07, 6.45) is 0.0382. The Hall–Kier alpha value is -0.840. The van der Waals surface area contributed by atoms with Gasteiger partial charge in [-0.05, 0) is 12.8 Å². The number of carbonyl (C=O) groups is 2. The summed E-state index contributed by atoms with van der Waals surface area (Å²) < 4.78 is 19.1. The monoisotopic (exact) mass is 299 g/mol. The van der Waals surface area contributed by atoms with Crippen LogP contribution in [-0.4, -0.2) is 49.9 Å². The van der Waals surface area contributed by atoms with Crippen LogP contribution >= 0.6 is 10.8 Å². The van der Waals surface area contributed by atoms with Crippen LogP contribution in [0.5, 0.6) is 0 Å². The maximum Gasteiger partial charge on any atom is 0.320 e. The highest BCUT2D eigenvalue weighted by atomic mass is 33.1. The lowest BCUT2D eigenvalue weighted by Gasteiger charge is -2.10. The van der Waals surface area contributed by atoms with E-state index in [1.165, 1.54) is 0 Å². The van der Waals surface area contributed by atoms with Gasteiger partial charge < -0.3 is 21.7 Å². The van der Waals surface area contributed by atoms with Gasteiger partial charge in [0.2, 0.25) is 0 Å². The minimum atomic E-state index is -3.01. The summed E-state index contributed by atoms with van der Waals surface area (Å²) in [6, 6.07) is -2.19. The molecule has 0 radical (unpaired) electrons. The van der Waals surface area contributed by atoms with Gasteiger partial charge in [0.05, 0.1) is 8.76 Å². The first-order chi connectivity index (χ1) is 8.15. The van der Waals surface area contributed by atoms with Crippen LogP contribution in [0.2, 0.25) is 0 Å². The van der Waals surface area contributed by atoms with E-state index in [-0.39, 0.29) is 24.3 Å². The van der Waals surface area contributed by atoms with Crippen LogP contribution in [-0.2, 0) is 18.4 Å². The molecular weight excluding hydrogens is 282 g/mol. The van der Waals surface area contributed by atoms with Crippen LogP contribution in [0.1, 0.15) is 12.8 Å². The number of aliphatic carboxylic acids is 2. The number of nitrogens with two attached hydrogens (primary N) is 2. The van der Waals surface area contributed by atoms with Crippen molar-refractivity contribution in [1.29, 1.82) is 4.78 Å². The molecule has 2 unspecified atom stereocenters. The second-order valence-corrected chi connectivity index (χ2v) is 8.21. The third kappa shape index (κ3) is 7.48. The Kier molecular flexibility index (Phi) is 7.21. The Morgan fingerprint density at radius 2 is 1.61 bits per heavy atom. The summed E-state index contributed by atoms with van der Waals surface area (Å²) in [5.41, 5.74) is 10.5. The van der Waals surface area contributed by atoms with Crippen molar-refractivity contribution in [2.45, 2.75) is 24.9 Å². The van der Waals surface area contributed by atoms with Crippen molar-refractivity contribution in [2.24, 2.45) is 11.5 Å². The lowest BCUT2D eigenvalue weighted by atomic mass is 10.2. The normalized spacial score (nSPS) is 17.7. The van der Waals surface area contributed by atoms with Gasteiger partial charge in [-0.3, -0.25) is 9.59 Å². The van der Waals surface area contributed by atoms with E-state index in [0.29, 0.717) is 0 Å². The van der Waals surface area contributed by atoms with Gasteiger partial charge in [-0.15, -0.1) is 0 Å². The third-order valence-electron chi connectivity index (χ3n) is 2.03. The average molecular weight is 299 g/mol. The summed E-state index contributed by atoms with van der Waals surface area (Å²) in [7, 11) is -2.23. The molecule has 0 fully saturated rings.